The molecule has 3 atom stereocenters. The van der Waals surface area contributed by atoms with Crippen LogP contribution in [0.15, 0.2) is 0 Å². The van der Waals surface area contributed by atoms with Gasteiger partial charge in [-0.1, -0.05) is 34.1 Å². The summed E-state index contributed by atoms with van der Waals surface area (Å²) in [5, 5.41) is 0. The highest BCUT2D eigenvalue weighted by Crippen LogP contribution is 2.40. The second-order valence-corrected chi connectivity index (χ2v) is 9.13. The molecule has 1 aliphatic rings. The van der Waals surface area contributed by atoms with Crippen molar-refractivity contribution >= 4 is 9.84 Å². The first-order valence-electron chi connectivity index (χ1n) is 7.38. The lowest BCUT2D eigenvalue weighted by Gasteiger charge is -2.32. The molecule has 0 amide bonds. The van der Waals surface area contributed by atoms with Crippen LogP contribution in [-0.4, -0.2) is 20.4 Å². The minimum absolute atomic E-state index is 0.385. The Morgan fingerprint density at radius 1 is 1.00 bits per heavy atom. The molecule has 0 spiro atoms. The van der Waals surface area contributed by atoms with Crippen molar-refractivity contribution in [3.8, 4) is 0 Å². The van der Waals surface area contributed by atoms with E-state index in [0.717, 1.165) is 24.7 Å². The van der Waals surface area contributed by atoms with E-state index in [1.807, 2.05) is 0 Å². The number of rotatable bonds is 4. The van der Waals surface area contributed by atoms with Gasteiger partial charge < -0.3 is 0 Å². The summed E-state index contributed by atoms with van der Waals surface area (Å²) in [4.78, 5) is 0. The highest BCUT2D eigenvalue weighted by atomic mass is 32.2. The minimum Gasteiger partial charge on any atom is -0.229 e. The smallest absolute Gasteiger partial charge is 0.147 e. The van der Waals surface area contributed by atoms with Crippen molar-refractivity contribution in [3.05, 3.63) is 0 Å². The molecule has 0 aromatic carbocycles. The molecule has 3 heteroatoms. The lowest BCUT2D eigenvalue weighted by Crippen LogP contribution is -2.26. The van der Waals surface area contributed by atoms with E-state index < -0.39 is 9.84 Å². The van der Waals surface area contributed by atoms with Gasteiger partial charge in [0.15, 0.2) is 0 Å². The van der Waals surface area contributed by atoms with Crippen LogP contribution in [0.2, 0.25) is 0 Å². The normalized spacial score (nSPS) is 30.7. The monoisotopic (exact) mass is 274 g/mol. The molecule has 0 aliphatic heterocycles. The molecule has 0 aromatic heterocycles. The number of hydrogen-bond donors (Lipinski definition) is 0. The third kappa shape index (κ3) is 4.91. The zero-order chi connectivity index (χ0) is 13.9. The Morgan fingerprint density at radius 2 is 1.56 bits per heavy atom. The van der Waals surface area contributed by atoms with E-state index >= 15 is 0 Å². The van der Waals surface area contributed by atoms with Crippen LogP contribution in [0.3, 0.4) is 0 Å². The van der Waals surface area contributed by atoms with Gasteiger partial charge in [0, 0.05) is 6.26 Å². The molecule has 1 fully saturated rings. The summed E-state index contributed by atoms with van der Waals surface area (Å²) in [6.45, 7) is 9.22. The fourth-order valence-corrected chi connectivity index (χ4v) is 4.87. The van der Waals surface area contributed by atoms with Gasteiger partial charge in [0.2, 0.25) is 0 Å². The van der Waals surface area contributed by atoms with Crippen LogP contribution in [0.25, 0.3) is 0 Å². The largest absolute Gasteiger partial charge is 0.229 e. The quantitative estimate of drug-likeness (QED) is 0.731. The Morgan fingerprint density at radius 3 is 2.00 bits per heavy atom. The summed E-state index contributed by atoms with van der Waals surface area (Å²) in [6, 6.07) is 0. The Kier molecular flexibility index (Phi) is 5.69. The highest BCUT2D eigenvalue weighted by Gasteiger charge is 2.32. The topological polar surface area (TPSA) is 34.1 Å². The molecule has 18 heavy (non-hydrogen) atoms. The van der Waals surface area contributed by atoms with Gasteiger partial charge in [-0.15, -0.1) is 0 Å². The van der Waals surface area contributed by atoms with Crippen LogP contribution in [0.1, 0.15) is 53.4 Å². The molecule has 0 aromatic rings. The second kappa shape index (κ2) is 6.40. The van der Waals surface area contributed by atoms with E-state index in [1.165, 1.54) is 19.1 Å². The van der Waals surface area contributed by atoms with Crippen molar-refractivity contribution in [1.82, 2.24) is 0 Å². The van der Waals surface area contributed by atoms with Gasteiger partial charge >= 0.3 is 0 Å². The molecule has 3 unspecified atom stereocenters. The lowest BCUT2D eigenvalue weighted by molar-refractivity contribution is 0.174. The second-order valence-electron chi connectivity index (χ2n) is 6.94. The van der Waals surface area contributed by atoms with Crippen LogP contribution in [0, 0.1) is 29.6 Å². The standard InChI is InChI=1S/C15H30O2S/c1-11(2)14-8-6-7-13(10-18(5,16)17)9-15(14)12(3)4/h11-15H,6-10H2,1-5H3. The van der Waals surface area contributed by atoms with Gasteiger partial charge in [0.1, 0.15) is 9.84 Å². The van der Waals surface area contributed by atoms with Gasteiger partial charge in [0.05, 0.1) is 5.75 Å². The molecule has 0 N–H and O–H groups in total. The summed E-state index contributed by atoms with van der Waals surface area (Å²) in [7, 11) is -2.83. The third-order valence-electron chi connectivity index (χ3n) is 4.56. The first kappa shape index (κ1) is 16.0. The van der Waals surface area contributed by atoms with Crippen molar-refractivity contribution in [2.45, 2.75) is 53.4 Å². The van der Waals surface area contributed by atoms with Crippen LogP contribution >= 0.6 is 0 Å². The van der Waals surface area contributed by atoms with E-state index in [4.69, 9.17) is 0 Å². The lowest BCUT2D eigenvalue weighted by atomic mass is 9.73. The zero-order valence-electron chi connectivity index (χ0n) is 12.6. The molecule has 0 saturated heterocycles. The molecule has 0 bridgehead atoms. The van der Waals surface area contributed by atoms with Gasteiger partial charge in [-0.3, -0.25) is 0 Å². The first-order valence-corrected chi connectivity index (χ1v) is 9.44. The van der Waals surface area contributed by atoms with Crippen molar-refractivity contribution in [3.63, 3.8) is 0 Å². The molecule has 2 nitrogen and oxygen atoms in total. The molecular formula is C15H30O2S. The van der Waals surface area contributed by atoms with E-state index in [9.17, 15) is 8.42 Å². The van der Waals surface area contributed by atoms with E-state index in [-0.39, 0.29) is 0 Å². The van der Waals surface area contributed by atoms with E-state index in [2.05, 4.69) is 27.7 Å². The fraction of sp³-hybridized carbons (Fsp3) is 1.00. The van der Waals surface area contributed by atoms with Gasteiger partial charge in [-0.25, -0.2) is 8.42 Å². The summed E-state index contributed by atoms with van der Waals surface area (Å²) in [6.07, 6.45) is 6.06. The van der Waals surface area contributed by atoms with E-state index in [1.54, 1.807) is 0 Å². The Hall–Kier alpha value is -0.0500. The molecule has 0 radical (unpaired) electrons. The Bertz CT molecular complexity index is 344. The van der Waals surface area contributed by atoms with Gasteiger partial charge in [-0.05, 0) is 48.9 Å². The van der Waals surface area contributed by atoms with Crippen LogP contribution in [0.5, 0.6) is 0 Å². The maximum atomic E-state index is 11.5. The third-order valence-corrected chi connectivity index (χ3v) is 5.63. The molecule has 0 heterocycles. The SMILES string of the molecule is CC(C)C1CCCC(CS(C)(=O)=O)CC1C(C)C. The van der Waals surface area contributed by atoms with Crippen molar-refractivity contribution < 1.29 is 8.42 Å². The summed E-state index contributed by atoms with van der Waals surface area (Å²) in [5.41, 5.74) is 0. The van der Waals surface area contributed by atoms with Gasteiger partial charge in [0.25, 0.3) is 0 Å². The van der Waals surface area contributed by atoms with Crippen LogP contribution in [0.4, 0.5) is 0 Å². The first-order chi connectivity index (χ1) is 8.20. The molecular weight excluding hydrogens is 244 g/mol. The summed E-state index contributed by atoms with van der Waals surface area (Å²) in [5.74, 6) is 3.62. The minimum atomic E-state index is -2.83. The molecule has 1 rings (SSSR count). The number of hydrogen-bond acceptors (Lipinski definition) is 2. The molecule has 1 aliphatic carbocycles. The summed E-state index contributed by atoms with van der Waals surface area (Å²) < 4.78 is 23.0. The average Bonchev–Trinajstić information content (AvgIpc) is 2.37. The zero-order valence-corrected chi connectivity index (χ0v) is 13.5. The number of sulfone groups is 1. The maximum absolute atomic E-state index is 11.5. The van der Waals surface area contributed by atoms with Crippen LogP contribution in [-0.2, 0) is 9.84 Å². The van der Waals surface area contributed by atoms with Crippen molar-refractivity contribution in [1.29, 1.82) is 0 Å². The Labute approximate surface area is 113 Å². The highest BCUT2D eigenvalue weighted by molar-refractivity contribution is 7.90. The molecule has 1 saturated carbocycles. The average molecular weight is 274 g/mol. The van der Waals surface area contributed by atoms with E-state index in [0.29, 0.717) is 23.5 Å². The predicted octanol–water partition coefficient (Wildman–Crippen LogP) is 3.77. The summed E-state index contributed by atoms with van der Waals surface area (Å²) >= 11 is 0. The Balaban J connectivity index is 2.79. The van der Waals surface area contributed by atoms with Crippen molar-refractivity contribution in [2.75, 3.05) is 12.0 Å². The molecule has 108 valence electrons. The van der Waals surface area contributed by atoms with Gasteiger partial charge in [-0.2, -0.15) is 0 Å². The van der Waals surface area contributed by atoms with Crippen LogP contribution < -0.4 is 0 Å². The van der Waals surface area contributed by atoms with Crippen molar-refractivity contribution in [2.24, 2.45) is 29.6 Å². The predicted molar refractivity (Wildman–Crippen MR) is 78.3 cm³/mol. The fourth-order valence-electron chi connectivity index (χ4n) is 3.71. The maximum Gasteiger partial charge on any atom is 0.147 e.